The second kappa shape index (κ2) is 10.8. The Balaban J connectivity index is 2.78. The number of carbonyl (C=O) groups is 1. The molecule has 7 heteroatoms. The molecule has 0 aliphatic rings. The van der Waals surface area contributed by atoms with E-state index in [2.05, 4.69) is 29.7 Å². The van der Waals surface area contributed by atoms with E-state index < -0.39 is 11.7 Å². The number of alkyl carbamates (subject to hydrolysis) is 1. The second-order valence-electron chi connectivity index (χ2n) is 7.42. The van der Waals surface area contributed by atoms with Crippen molar-refractivity contribution in [2.24, 2.45) is 11.0 Å². The van der Waals surface area contributed by atoms with Crippen LogP contribution in [0.5, 0.6) is 5.75 Å². The zero-order chi connectivity index (χ0) is 20.4. The van der Waals surface area contributed by atoms with Gasteiger partial charge in [-0.05, 0) is 57.9 Å². The number of benzene rings is 1. The third-order valence-electron chi connectivity index (χ3n) is 3.02. The normalized spacial score (nSPS) is 12.4. The fraction of sp³-hybridized carbons (Fsp3) is 0.500. The lowest BCUT2D eigenvalue weighted by molar-refractivity contribution is 0.0563. The van der Waals surface area contributed by atoms with Gasteiger partial charge in [-0.15, -0.1) is 0 Å². The molecule has 1 aromatic rings. The van der Waals surface area contributed by atoms with Gasteiger partial charge in [0, 0.05) is 10.6 Å². The van der Waals surface area contributed by atoms with Crippen LogP contribution in [0.1, 0.15) is 47.1 Å². The van der Waals surface area contributed by atoms with Crippen molar-refractivity contribution in [2.45, 2.75) is 53.7 Å². The summed E-state index contributed by atoms with van der Waals surface area (Å²) in [4.78, 5) is 11.9. The standard InChI is InChI=1S/C20H30ClN3O3/c1-7-8-18(23-19(25)27-20(4,5)6)24-22-12-15-11-16(21)9-10-17(15)26-13-14(2)3/h7-11,14,22H,12-13H2,1-6H3,(H,23,24,25)/b8-7+. The molecule has 0 saturated heterocycles. The number of halogens is 1. The molecule has 0 aliphatic carbocycles. The average molecular weight is 396 g/mol. The number of allylic oxidation sites excluding steroid dienone is 1. The first-order valence-corrected chi connectivity index (χ1v) is 9.33. The van der Waals surface area contributed by atoms with E-state index in [9.17, 15) is 4.79 Å². The third kappa shape index (κ3) is 9.89. The summed E-state index contributed by atoms with van der Waals surface area (Å²) in [5.41, 5.74) is 3.24. The molecule has 0 aromatic heterocycles. The number of hydrazone groups is 1. The summed E-state index contributed by atoms with van der Waals surface area (Å²) < 4.78 is 11.1. The van der Waals surface area contributed by atoms with Crippen LogP contribution in [0.4, 0.5) is 4.79 Å². The Bertz CT molecular complexity index is 680. The predicted molar refractivity (Wildman–Crippen MR) is 110 cm³/mol. The van der Waals surface area contributed by atoms with Gasteiger partial charge in [-0.1, -0.05) is 31.5 Å². The predicted octanol–water partition coefficient (Wildman–Crippen LogP) is 4.88. The minimum atomic E-state index is -0.581. The molecule has 150 valence electrons. The Kier molecular flexibility index (Phi) is 9.15. The lowest BCUT2D eigenvalue weighted by atomic mass is 10.2. The molecule has 1 aromatic carbocycles. The summed E-state index contributed by atoms with van der Waals surface area (Å²) in [7, 11) is 0. The smallest absolute Gasteiger partial charge is 0.413 e. The van der Waals surface area contributed by atoms with E-state index in [0.717, 1.165) is 11.3 Å². The van der Waals surface area contributed by atoms with Crippen molar-refractivity contribution in [3.63, 3.8) is 0 Å². The van der Waals surface area contributed by atoms with Gasteiger partial charge in [0.2, 0.25) is 0 Å². The maximum atomic E-state index is 11.9. The molecule has 0 fully saturated rings. The van der Waals surface area contributed by atoms with Gasteiger partial charge in [0.25, 0.3) is 0 Å². The molecule has 0 aliphatic heterocycles. The third-order valence-corrected chi connectivity index (χ3v) is 3.25. The summed E-state index contributed by atoms with van der Waals surface area (Å²) in [5, 5.41) is 7.44. The molecule has 0 radical (unpaired) electrons. The van der Waals surface area contributed by atoms with Gasteiger partial charge in [-0.3, -0.25) is 5.32 Å². The summed E-state index contributed by atoms with van der Waals surface area (Å²) in [6.45, 7) is 12.4. The lowest BCUT2D eigenvalue weighted by Crippen LogP contribution is -2.36. The highest BCUT2D eigenvalue weighted by Crippen LogP contribution is 2.23. The number of amides is 1. The quantitative estimate of drug-likeness (QED) is 0.392. The maximum Gasteiger partial charge on any atom is 0.413 e. The second-order valence-corrected chi connectivity index (χ2v) is 7.85. The Labute approximate surface area is 167 Å². The number of carbonyl (C=O) groups excluding carboxylic acids is 1. The number of nitrogens with one attached hydrogen (secondary N) is 2. The highest BCUT2D eigenvalue weighted by Gasteiger charge is 2.16. The van der Waals surface area contributed by atoms with E-state index in [-0.39, 0.29) is 0 Å². The number of amidine groups is 1. The van der Waals surface area contributed by atoms with E-state index >= 15 is 0 Å². The van der Waals surface area contributed by atoms with Crippen LogP contribution in [-0.2, 0) is 11.3 Å². The van der Waals surface area contributed by atoms with Crippen LogP contribution in [0.3, 0.4) is 0 Å². The average Bonchev–Trinajstić information content (AvgIpc) is 2.52. The largest absolute Gasteiger partial charge is 0.493 e. The molecular formula is C20H30ClN3O3. The van der Waals surface area contributed by atoms with Crippen molar-refractivity contribution in [3.8, 4) is 5.75 Å². The Morgan fingerprint density at radius 2 is 2.04 bits per heavy atom. The number of rotatable bonds is 7. The van der Waals surface area contributed by atoms with Gasteiger partial charge in [-0.2, -0.15) is 5.10 Å². The van der Waals surface area contributed by atoms with Crippen LogP contribution < -0.4 is 15.5 Å². The van der Waals surface area contributed by atoms with Crippen LogP contribution in [0.25, 0.3) is 0 Å². The number of hydrogen-bond acceptors (Lipinski definition) is 5. The minimum absolute atomic E-state index is 0.346. The van der Waals surface area contributed by atoms with Crippen LogP contribution in [-0.4, -0.2) is 24.1 Å². The highest BCUT2D eigenvalue weighted by molar-refractivity contribution is 6.30. The van der Waals surface area contributed by atoms with Crippen LogP contribution in [0, 0.1) is 5.92 Å². The SMILES string of the molecule is C/C=C/C(=N\NCc1cc(Cl)ccc1OCC(C)C)NC(=O)OC(C)(C)C. The number of hydrogen-bond donors (Lipinski definition) is 2. The van der Waals surface area contributed by atoms with Gasteiger partial charge >= 0.3 is 6.09 Å². The maximum absolute atomic E-state index is 11.9. The van der Waals surface area contributed by atoms with Crippen molar-refractivity contribution >= 4 is 23.5 Å². The number of nitrogens with zero attached hydrogens (tertiary/aromatic N) is 1. The summed E-state index contributed by atoms with van der Waals surface area (Å²) in [6, 6.07) is 5.47. The molecule has 0 spiro atoms. The molecule has 0 atom stereocenters. The van der Waals surface area contributed by atoms with Gasteiger partial charge in [-0.25, -0.2) is 4.79 Å². The van der Waals surface area contributed by atoms with E-state index in [0.29, 0.717) is 29.9 Å². The van der Waals surface area contributed by atoms with Gasteiger partial charge in [0.15, 0.2) is 5.84 Å². The van der Waals surface area contributed by atoms with E-state index in [1.807, 2.05) is 19.1 Å². The minimum Gasteiger partial charge on any atom is -0.493 e. The zero-order valence-electron chi connectivity index (χ0n) is 16.9. The first-order valence-electron chi connectivity index (χ1n) is 8.95. The fourth-order valence-corrected chi connectivity index (χ4v) is 2.16. The molecule has 1 amide bonds. The fourth-order valence-electron chi connectivity index (χ4n) is 1.97. The van der Waals surface area contributed by atoms with Crippen molar-refractivity contribution < 1.29 is 14.3 Å². The Hall–Kier alpha value is -2.21. The molecule has 6 nitrogen and oxygen atoms in total. The van der Waals surface area contributed by atoms with E-state index in [4.69, 9.17) is 21.1 Å². The van der Waals surface area contributed by atoms with Crippen LogP contribution in [0.2, 0.25) is 5.02 Å². The Morgan fingerprint density at radius 1 is 1.33 bits per heavy atom. The number of ether oxygens (including phenoxy) is 2. The molecule has 0 saturated carbocycles. The van der Waals surface area contributed by atoms with Crippen LogP contribution in [0.15, 0.2) is 35.5 Å². The molecular weight excluding hydrogens is 366 g/mol. The molecule has 27 heavy (non-hydrogen) atoms. The first kappa shape index (κ1) is 22.8. The van der Waals surface area contributed by atoms with E-state index in [1.165, 1.54) is 0 Å². The monoisotopic (exact) mass is 395 g/mol. The first-order chi connectivity index (χ1) is 12.6. The zero-order valence-corrected chi connectivity index (χ0v) is 17.7. The summed E-state index contributed by atoms with van der Waals surface area (Å²) >= 11 is 6.10. The topological polar surface area (TPSA) is 72.0 Å². The lowest BCUT2D eigenvalue weighted by Gasteiger charge is -2.19. The van der Waals surface area contributed by atoms with Gasteiger partial charge in [0.05, 0.1) is 13.2 Å². The molecule has 0 bridgehead atoms. The highest BCUT2D eigenvalue weighted by atomic mass is 35.5. The van der Waals surface area contributed by atoms with Crippen molar-refractivity contribution in [1.82, 2.24) is 10.7 Å². The van der Waals surface area contributed by atoms with Crippen molar-refractivity contribution in [2.75, 3.05) is 6.61 Å². The molecule has 0 heterocycles. The molecule has 0 unspecified atom stereocenters. The van der Waals surface area contributed by atoms with Gasteiger partial charge in [0.1, 0.15) is 11.4 Å². The van der Waals surface area contributed by atoms with Crippen LogP contribution >= 0.6 is 11.6 Å². The summed E-state index contributed by atoms with van der Waals surface area (Å²) in [6.07, 6.45) is 2.88. The summed E-state index contributed by atoms with van der Waals surface area (Å²) in [5.74, 6) is 1.51. The van der Waals surface area contributed by atoms with Crippen molar-refractivity contribution in [3.05, 3.63) is 40.9 Å². The Morgan fingerprint density at radius 3 is 2.63 bits per heavy atom. The van der Waals surface area contributed by atoms with Crippen molar-refractivity contribution in [1.29, 1.82) is 0 Å². The van der Waals surface area contributed by atoms with Gasteiger partial charge < -0.3 is 14.9 Å². The molecule has 1 rings (SSSR count). The molecule has 2 N–H and O–H groups in total. The van der Waals surface area contributed by atoms with E-state index in [1.54, 1.807) is 39.0 Å².